The lowest BCUT2D eigenvalue weighted by molar-refractivity contribution is 0.530. The van der Waals surface area contributed by atoms with Gasteiger partial charge in [-0.15, -0.1) is 23.1 Å². The van der Waals surface area contributed by atoms with Crippen LogP contribution in [0.25, 0.3) is 10.2 Å². The Labute approximate surface area is 112 Å². The van der Waals surface area contributed by atoms with Crippen molar-refractivity contribution >= 4 is 39.1 Å². The second-order valence-corrected chi connectivity index (χ2v) is 5.62. The van der Waals surface area contributed by atoms with Crippen LogP contribution in [-0.2, 0) is 11.5 Å². The molecule has 0 aliphatic carbocycles. The summed E-state index contributed by atoms with van der Waals surface area (Å²) in [5, 5.41) is 2.93. The van der Waals surface area contributed by atoms with Gasteiger partial charge < -0.3 is 10.2 Å². The van der Waals surface area contributed by atoms with Crippen LogP contribution in [0.15, 0.2) is 34.3 Å². The molecule has 0 unspecified atom stereocenters. The van der Waals surface area contributed by atoms with Gasteiger partial charge in [-0.2, -0.15) is 0 Å². The van der Waals surface area contributed by atoms with Crippen molar-refractivity contribution in [1.29, 1.82) is 0 Å². The van der Waals surface area contributed by atoms with Gasteiger partial charge in [0.05, 0.1) is 23.2 Å². The van der Waals surface area contributed by atoms with Crippen LogP contribution in [0.3, 0.4) is 0 Å². The van der Waals surface area contributed by atoms with E-state index in [4.69, 9.17) is 10.2 Å². The van der Waals surface area contributed by atoms with E-state index in [-0.39, 0.29) is 0 Å². The van der Waals surface area contributed by atoms with Crippen molar-refractivity contribution in [2.45, 2.75) is 11.5 Å². The molecule has 0 amide bonds. The number of hydrogen-bond acceptors (Lipinski definition) is 6. The summed E-state index contributed by atoms with van der Waals surface area (Å²) < 4.78 is 5.27. The van der Waals surface area contributed by atoms with E-state index >= 15 is 0 Å². The highest BCUT2D eigenvalue weighted by atomic mass is 32.2. The molecule has 3 aromatic heterocycles. The molecule has 18 heavy (non-hydrogen) atoms. The van der Waals surface area contributed by atoms with Crippen LogP contribution in [-0.4, -0.2) is 9.97 Å². The van der Waals surface area contributed by atoms with Gasteiger partial charge in [-0.1, -0.05) is 0 Å². The van der Waals surface area contributed by atoms with E-state index < -0.39 is 0 Å². The molecule has 0 fully saturated rings. The number of nitrogens with two attached hydrogens (primary N) is 1. The Balaban J connectivity index is 1.70. The van der Waals surface area contributed by atoms with Gasteiger partial charge in [-0.25, -0.2) is 9.97 Å². The lowest BCUT2D eigenvalue weighted by atomic mass is 10.4. The third-order valence-electron chi connectivity index (χ3n) is 2.46. The van der Waals surface area contributed by atoms with E-state index in [1.165, 1.54) is 0 Å². The highest BCUT2D eigenvalue weighted by Crippen LogP contribution is 2.24. The molecule has 92 valence electrons. The first-order chi connectivity index (χ1) is 8.83. The number of aromatic nitrogens is 2. The van der Waals surface area contributed by atoms with Gasteiger partial charge in [0.15, 0.2) is 0 Å². The Morgan fingerprint density at radius 2 is 2.22 bits per heavy atom. The number of thiophene rings is 1. The molecular formula is C12H11N3OS2. The number of nitrogens with zero attached hydrogens (tertiary/aromatic N) is 2. The van der Waals surface area contributed by atoms with Crippen molar-refractivity contribution in [3.8, 4) is 0 Å². The summed E-state index contributed by atoms with van der Waals surface area (Å²) in [5.41, 5.74) is 5.90. The van der Waals surface area contributed by atoms with Crippen LogP contribution < -0.4 is 5.73 Å². The van der Waals surface area contributed by atoms with Crippen LogP contribution in [0.1, 0.15) is 11.6 Å². The Bertz CT molecular complexity index is 648. The van der Waals surface area contributed by atoms with Crippen molar-refractivity contribution in [3.63, 3.8) is 0 Å². The van der Waals surface area contributed by atoms with Crippen LogP contribution in [0.2, 0.25) is 0 Å². The second kappa shape index (κ2) is 4.99. The molecule has 0 spiro atoms. The maximum Gasteiger partial charge on any atom is 0.142 e. The molecule has 3 aromatic rings. The molecular weight excluding hydrogens is 266 g/mol. The molecule has 3 rings (SSSR count). The van der Waals surface area contributed by atoms with Gasteiger partial charge in [0.1, 0.15) is 22.2 Å². The first kappa shape index (κ1) is 11.6. The molecule has 2 N–H and O–H groups in total. The molecule has 0 aliphatic heterocycles. The average Bonchev–Trinajstić information content (AvgIpc) is 2.99. The number of anilines is 1. The second-order valence-electron chi connectivity index (χ2n) is 3.74. The maximum absolute atomic E-state index is 5.90. The lowest BCUT2D eigenvalue weighted by Crippen LogP contribution is -1.98. The quantitative estimate of drug-likeness (QED) is 0.792. The topological polar surface area (TPSA) is 64.9 Å². The predicted octanol–water partition coefficient (Wildman–Crippen LogP) is 3.30. The SMILES string of the molecule is Nc1nc(CSCc2ccco2)nc2sccc12. The van der Waals surface area contributed by atoms with Gasteiger partial charge in [0, 0.05) is 0 Å². The minimum absolute atomic E-state index is 0.565. The monoisotopic (exact) mass is 277 g/mol. The standard InChI is InChI=1S/C12H11N3OS2/c13-11-9-3-5-18-12(9)15-10(14-11)7-17-6-8-2-1-4-16-8/h1-5H,6-7H2,(H2,13,14,15). The fraction of sp³-hybridized carbons (Fsp3) is 0.167. The molecule has 0 aromatic carbocycles. The number of fused-ring (bicyclic) bond motifs is 1. The van der Waals surface area contributed by atoms with E-state index in [0.717, 1.165) is 33.3 Å². The Morgan fingerprint density at radius 3 is 3.06 bits per heavy atom. The largest absolute Gasteiger partial charge is 0.468 e. The van der Waals surface area contributed by atoms with Crippen LogP contribution in [0.5, 0.6) is 0 Å². The molecule has 0 saturated heterocycles. The maximum atomic E-state index is 5.90. The van der Waals surface area contributed by atoms with Crippen LogP contribution in [0.4, 0.5) is 5.82 Å². The third kappa shape index (κ3) is 2.34. The normalized spacial score (nSPS) is 11.1. The van der Waals surface area contributed by atoms with E-state index in [9.17, 15) is 0 Å². The van der Waals surface area contributed by atoms with Gasteiger partial charge in [-0.05, 0) is 23.6 Å². The molecule has 3 heterocycles. The molecule has 6 heteroatoms. The zero-order valence-corrected chi connectivity index (χ0v) is 11.1. The van der Waals surface area contributed by atoms with Crippen molar-refractivity contribution < 1.29 is 4.42 Å². The Hall–Kier alpha value is -1.53. The summed E-state index contributed by atoms with van der Waals surface area (Å²) in [6.45, 7) is 0. The predicted molar refractivity (Wildman–Crippen MR) is 75.5 cm³/mol. The molecule has 0 bridgehead atoms. The van der Waals surface area contributed by atoms with Crippen LogP contribution >= 0.6 is 23.1 Å². The Morgan fingerprint density at radius 1 is 1.28 bits per heavy atom. The number of hydrogen-bond donors (Lipinski definition) is 1. The first-order valence-corrected chi connectivity index (χ1v) is 7.46. The summed E-state index contributed by atoms with van der Waals surface area (Å²) >= 11 is 3.30. The minimum atomic E-state index is 0.565. The highest BCUT2D eigenvalue weighted by Gasteiger charge is 2.06. The van der Waals surface area contributed by atoms with Crippen molar-refractivity contribution in [2.24, 2.45) is 0 Å². The van der Waals surface area contributed by atoms with E-state index in [1.807, 2.05) is 23.6 Å². The Kier molecular flexibility index (Phi) is 3.21. The van der Waals surface area contributed by atoms with E-state index in [0.29, 0.717) is 5.82 Å². The average molecular weight is 277 g/mol. The number of nitrogen functional groups attached to an aromatic ring is 1. The van der Waals surface area contributed by atoms with Crippen LogP contribution in [0, 0.1) is 0 Å². The number of rotatable bonds is 4. The zero-order valence-electron chi connectivity index (χ0n) is 9.50. The minimum Gasteiger partial charge on any atom is -0.468 e. The summed E-state index contributed by atoms with van der Waals surface area (Å²) in [4.78, 5) is 9.76. The van der Waals surface area contributed by atoms with Gasteiger partial charge >= 0.3 is 0 Å². The fourth-order valence-corrected chi connectivity index (χ4v) is 3.20. The molecule has 0 atom stereocenters. The number of thioether (sulfide) groups is 1. The highest BCUT2D eigenvalue weighted by molar-refractivity contribution is 7.97. The summed E-state index contributed by atoms with van der Waals surface area (Å²) in [5.74, 6) is 3.86. The summed E-state index contributed by atoms with van der Waals surface area (Å²) in [7, 11) is 0. The van der Waals surface area contributed by atoms with Crippen molar-refractivity contribution in [3.05, 3.63) is 41.4 Å². The lowest BCUT2D eigenvalue weighted by Gasteiger charge is -2.01. The zero-order chi connectivity index (χ0) is 12.4. The molecule has 0 radical (unpaired) electrons. The van der Waals surface area contributed by atoms with Crippen molar-refractivity contribution in [1.82, 2.24) is 9.97 Å². The third-order valence-corrected chi connectivity index (χ3v) is 4.21. The van der Waals surface area contributed by atoms with E-state index in [2.05, 4.69) is 9.97 Å². The fourth-order valence-electron chi connectivity index (χ4n) is 1.63. The molecule has 0 aliphatic rings. The van der Waals surface area contributed by atoms with Gasteiger partial charge in [0.2, 0.25) is 0 Å². The summed E-state index contributed by atoms with van der Waals surface area (Å²) in [6, 6.07) is 5.81. The van der Waals surface area contributed by atoms with Crippen molar-refractivity contribution in [2.75, 3.05) is 5.73 Å². The molecule has 4 nitrogen and oxygen atoms in total. The number of furan rings is 1. The summed E-state index contributed by atoms with van der Waals surface area (Å²) in [6.07, 6.45) is 1.68. The van der Waals surface area contributed by atoms with Gasteiger partial charge in [0.25, 0.3) is 0 Å². The smallest absolute Gasteiger partial charge is 0.142 e. The molecule has 0 saturated carbocycles. The van der Waals surface area contributed by atoms with E-state index in [1.54, 1.807) is 29.4 Å². The first-order valence-electron chi connectivity index (χ1n) is 5.42. The van der Waals surface area contributed by atoms with Gasteiger partial charge in [-0.3, -0.25) is 0 Å².